The predicted molar refractivity (Wildman–Crippen MR) is 205 cm³/mol. The summed E-state index contributed by atoms with van der Waals surface area (Å²) in [6, 6.07) is 50.0. The highest BCUT2D eigenvalue weighted by Gasteiger charge is 2.38. The van der Waals surface area contributed by atoms with Gasteiger partial charge in [0.05, 0.1) is 22.1 Å². The molecule has 0 radical (unpaired) electrons. The van der Waals surface area contributed by atoms with Crippen LogP contribution in [0.2, 0.25) is 0 Å². The molecule has 48 heavy (non-hydrogen) atoms. The van der Waals surface area contributed by atoms with Gasteiger partial charge in [-0.15, -0.1) is 0 Å². The summed E-state index contributed by atoms with van der Waals surface area (Å²) < 4.78 is 4.99. The molecule has 0 bridgehead atoms. The van der Waals surface area contributed by atoms with E-state index >= 15 is 0 Å². The van der Waals surface area contributed by atoms with E-state index in [0.717, 1.165) is 0 Å². The van der Waals surface area contributed by atoms with E-state index in [1.54, 1.807) is 0 Å². The van der Waals surface area contributed by atoms with Crippen molar-refractivity contribution in [1.29, 1.82) is 0 Å². The van der Waals surface area contributed by atoms with Gasteiger partial charge in [-0.2, -0.15) is 0 Å². The van der Waals surface area contributed by atoms with Crippen LogP contribution in [0.5, 0.6) is 0 Å². The number of para-hydroxylation sites is 2. The molecule has 0 atom stereocenters. The number of fused-ring (bicyclic) bond motifs is 10. The van der Waals surface area contributed by atoms with Gasteiger partial charge in [-0.05, 0) is 111 Å². The lowest BCUT2D eigenvalue weighted by Crippen LogP contribution is -2.33. The molecule has 1 aliphatic carbocycles. The number of aromatic nitrogens is 2. The molecule has 232 valence electrons. The van der Waals surface area contributed by atoms with E-state index in [4.69, 9.17) is 0 Å². The Morgan fingerprint density at radius 2 is 0.917 bits per heavy atom. The maximum Gasteiger partial charge on any atom is 0.0562 e. The zero-order valence-electron chi connectivity index (χ0n) is 28.0. The van der Waals surface area contributed by atoms with Crippen LogP contribution in [0, 0.1) is 0 Å². The molecule has 0 saturated carbocycles. The molecule has 0 spiro atoms. The largest absolute Gasteiger partial charge is 0.309 e. The van der Waals surface area contributed by atoms with Crippen LogP contribution in [-0.4, -0.2) is 9.13 Å². The van der Waals surface area contributed by atoms with Gasteiger partial charge in [0.15, 0.2) is 0 Å². The van der Waals surface area contributed by atoms with Crippen LogP contribution in [0.3, 0.4) is 0 Å². The molecule has 0 aliphatic heterocycles. The van der Waals surface area contributed by atoms with E-state index < -0.39 is 0 Å². The lowest BCUT2D eigenvalue weighted by molar-refractivity contribution is 0.332. The first-order valence-electron chi connectivity index (χ1n) is 17.3. The Kier molecular flexibility index (Phi) is 5.55. The van der Waals surface area contributed by atoms with Crippen LogP contribution in [0.1, 0.15) is 51.7 Å². The fourth-order valence-electron chi connectivity index (χ4n) is 8.80. The second-order valence-electron chi connectivity index (χ2n) is 15.3. The molecule has 2 heterocycles. The molecule has 2 nitrogen and oxygen atoms in total. The summed E-state index contributed by atoms with van der Waals surface area (Å²) in [6.07, 6.45) is 2.40. The second kappa shape index (κ2) is 9.61. The van der Waals surface area contributed by atoms with E-state index in [-0.39, 0.29) is 10.8 Å². The van der Waals surface area contributed by atoms with E-state index in [1.165, 1.54) is 100 Å². The molecule has 7 aromatic carbocycles. The van der Waals surface area contributed by atoms with Crippen molar-refractivity contribution in [1.82, 2.24) is 9.13 Å². The van der Waals surface area contributed by atoms with Crippen molar-refractivity contribution in [3.63, 3.8) is 0 Å². The molecule has 2 heteroatoms. The monoisotopic (exact) mass is 618 g/mol. The number of rotatable bonds is 2. The van der Waals surface area contributed by atoms with Crippen LogP contribution in [0.15, 0.2) is 133 Å². The van der Waals surface area contributed by atoms with Gasteiger partial charge in [0.1, 0.15) is 0 Å². The number of nitrogens with zero attached hydrogens (tertiary/aromatic N) is 2. The van der Waals surface area contributed by atoms with Gasteiger partial charge in [-0.25, -0.2) is 0 Å². The third-order valence-electron chi connectivity index (χ3n) is 11.5. The Hall–Kier alpha value is -5.34. The second-order valence-corrected chi connectivity index (χ2v) is 15.3. The molecule has 0 N–H and O–H groups in total. The number of hydrogen-bond acceptors (Lipinski definition) is 0. The summed E-state index contributed by atoms with van der Waals surface area (Å²) in [4.78, 5) is 0. The molecule has 1 aliphatic rings. The van der Waals surface area contributed by atoms with Crippen molar-refractivity contribution in [3.8, 4) is 11.4 Å². The van der Waals surface area contributed by atoms with Crippen molar-refractivity contribution in [3.05, 3.63) is 145 Å². The predicted octanol–water partition coefficient (Wildman–Crippen LogP) is 12.5. The minimum absolute atomic E-state index is 0.134. The Morgan fingerprint density at radius 1 is 0.375 bits per heavy atom. The summed E-state index contributed by atoms with van der Waals surface area (Å²) in [5, 5.41) is 10.3. The molecule has 10 rings (SSSR count). The minimum atomic E-state index is 0.134. The van der Waals surface area contributed by atoms with Gasteiger partial charge < -0.3 is 9.13 Å². The first-order chi connectivity index (χ1) is 23.3. The minimum Gasteiger partial charge on any atom is -0.309 e. The Labute approximate surface area is 280 Å². The van der Waals surface area contributed by atoms with E-state index in [1.807, 2.05) is 0 Å². The standard InChI is InChI=1S/C46H38N2/c1-45(2)22-23-46(3,4)40-27-42-38(26-39(40)45)37-25-36-34-16-10-11-17-41(34)48(43(36)28-44(37)47(42)31-13-6-5-7-14-31)32-21-20-30-19-18-29-12-8-9-15-33(29)35(30)24-32/h5-21,24-28H,22-23H2,1-4H3. The van der Waals surface area contributed by atoms with Gasteiger partial charge in [-0.3, -0.25) is 0 Å². The fraction of sp³-hybridized carbons (Fsp3) is 0.174. The third-order valence-corrected chi connectivity index (χ3v) is 11.5. The average Bonchev–Trinajstić information content (AvgIpc) is 3.60. The molecule has 0 unspecified atom stereocenters. The summed E-state index contributed by atoms with van der Waals surface area (Å²) >= 11 is 0. The Bertz CT molecular complexity index is 2770. The van der Waals surface area contributed by atoms with Crippen molar-refractivity contribution < 1.29 is 0 Å². The van der Waals surface area contributed by atoms with Gasteiger partial charge in [-0.1, -0.05) is 107 Å². The third kappa shape index (κ3) is 3.80. The van der Waals surface area contributed by atoms with Gasteiger partial charge in [0.2, 0.25) is 0 Å². The first kappa shape index (κ1) is 27.7. The maximum absolute atomic E-state index is 2.55. The van der Waals surface area contributed by atoms with Gasteiger partial charge >= 0.3 is 0 Å². The van der Waals surface area contributed by atoms with Crippen LogP contribution in [-0.2, 0) is 10.8 Å². The topological polar surface area (TPSA) is 9.86 Å². The van der Waals surface area contributed by atoms with Crippen molar-refractivity contribution >= 4 is 65.2 Å². The van der Waals surface area contributed by atoms with Crippen LogP contribution in [0.4, 0.5) is 0 Å². The first-order valence-corrected chi connectivity index (χ1v) is 17.3. The molecule has 0 saturated heterocycles. The van der Waals surface area contributed by atoms with Crippen molar-refractivity contribution in [2.75, 3.05) is 0 Å². The normalized spacial score (nSPS) is 15.7. The number of benzene rings is 7. The van der Waals surface area contributed by atoms with Crippen molar-refractivity contribution in [2.45, 2.75) is 51.4 Å². The Morgan fingerprint density at radius 3 is 1.69 bits per heavy atom. The summed E-state index contributed by atoms with van der Waals surface area (Å²) in [5.74, 6) is 0. The van der Waals surface area contributed by atoms with E-state index in [2.05, 4.69) is 170 Å². The molecular formula is C46H38N2. The van der Waals surface area contributed by atoms with Crippen LogP contribution < -0.4 is 0 Å². The lowest BCUT2D eigenvalue weighted by atomic mass is 9.63. The fourth-order valence-corrected chi connectivity index (χ4v) is 8.80. The molecule has 0 amide bonds. The van der Waals surface area contributed by atoms with Crippen LogP contribution in [0.25, 0.3) is 76.5 Å². The van der Waals surface area contributed by atoms with Gasteiger partial charge in [0, 0.05) is 32.9 Å². The van der Waals surface area contributed by atoms with Crippen molar-refractivity contribution in [2.24, 2.45) is 0 Å². The molecule has 2 aromatic heterocycles. The Balaban J connectivity index is 1.35. The molecule has 0 fully saturated rings. The highest BCUT2D eigenvalue weighted by Crippen LogP contribution is 2.49. The zero-order valence-corrected chi connectivity index (χ0v) is 28.0. The summed E-state index contributed by atoms with van der Waals surface area (Å²) in [6.45, 7) is 9.72. The highest BCUT2D eigenvalue weighted by atomic mass is 15.0. The van der Waals surface area contributed by atoms with Crippen LogP contribution >= 0.6 is 0 Å². The summed E-state index contributed by atoms with van der Waals surface area (Å²) in [5.41, 5.74) is 10.7. The summed E-state index contributed by atoms with van der Waals surface area (Å²) in [7, 11) is 0. The maximum atomic E-state index is 2.55. The quantitative estimate of drug-likeness (QED) is 0.171. The average molecular weight is 619 g/mol. The van der Waals surface area contributed by atoms with Gasteiger partial charge in [0.25, 0.3) is 0 Å². The lowest BCUT2D eigenvalue weighted by Gasteiger charge is -2.42. The number of hydrogen-bond donors (Lipinski definition) is 0. The van der Waals surface area contributed by atoms with E-state index in [0.29, 0.717) is 0 Å². The highest BCUT2D eigenvalue weighted by molar-refractivity contribution is 6.19. The zero-order chi connectivity index (χ0) is 32.4. The van der Waals surface area contributed by atoms with E-state index in [9.17, 15) is 0 Å². The molecular weight excluding hydrogens is 581 g/mol. The smallest absolute Gasteiger partial charge is 0.0562 e. The molecule has 9 aromatic rings. The SMILES string of the molecule is CC1(C)CCC(C)(C)c2cc3c(cc21)c1cc2c4ccccc4n(-c4ccc5ccc6ccccc6c5c4)c2cc1n3-c1ccccc1.